The lowest BCUT2D eigenvalue weighted by Gasteiger charge is -2.36. The van der Waals surface area contributed by atoms with Crippen molar-refractivity contribution in [3.05, 3.63) is 77.4 Å². The number of ether oxygens (including phenoxy) is 1. The molecule has 3 unspecified atom stereocenters. The first-order valence-corrected chi connectivity index (χ1v) is 9.80. The van der Waals surface area contributed by atoms with Crippen molar-refractivity contribution >= 4 is 11.6 Å². The van der Waals surface area contributed by atoms with E-state index in [-0.39, 0.29) is 24.2 Å². The van der Waals surface area contributed by atoms with Crippen LogP contribution >= 0.6 is 0 Å². The Hall–Kier alpha value is -2.59. The Kier molecular flexibility index (Phi) is 4.21. The fourth-order valence-corrected chi connectivity index (χ4v) is 4.74. The van der Waals surface area contributed by atoms with Crippen molar-refractivity contribution in [3.8, 4) is 0 Å². The number of hydrogen-bond donors (Lipinski definition) is 1. The summed E-state index contributed by atoms with van der Waals surface area (Å²) in [5.74, 6) is 0. The second kappa shape index (κ2) is 6.86. The van der Waals surface area contributed by atoms with Gasteiger partial charge in [0.1, 0.15) is 0 Å². The Balaban J connectivity index is 1.34. The largest absolute Gasteiger partial charge is 0.374 e. The Morgan fingerprint density at radius 1 is 1.04 bits per heavy atom. The van der Waals surface area contributed by atoms with Gasteiger partial charge in [0.2, 0.25) is 0 Å². The number of carbonyl (C=O) groups excluding carboxylic acids is 1. The first-order valence-electron chi connectivity index (χ1n) is 9.80. The lowest BCUT2D eigenvalue weighted by molar-refractivity contribution is 0.0807. The summed E-state index contributed by atoms with van der Waals surface area (Å²) >= 11 is 0. The van der Waals surface area contributed by atoms with Crippen molar-refractivity contribution in [3.63, 3.8) is 0 Å². The van der Waals surface area contributed by atoms with Crippen molar-refractivity contribution in [2.75, 3.05) is 6.61 Å². The van der Waals surface area contributed by atoms with E-state index in [1.807, 2.05) is 18.2 Å². The van der Waals surface area contributed by atoms with Gasteiger partial charge in [-0.3, -0.25) is 0 Å². The van der Waals surface area contributed by atoms with E-state index in [0.717, 1.165) is 19.3 Å². The number of nitrogens with one attached hydrogen (secondary N) is 1. The molecule has 0 aliphatic carbocycles. The van der Waals surface area contributed by atoms with Crippen LogP contribution in [-0.2, 0) is 11.3 Å². The minimum absolute atomic E-state index is 0.0381. The molecule has 3 heterocycles. The predicted molar refractivity (Wildman–Crippen MR) is 105 cm³/mol. The summed E-state index contributed by atoms with van der Waals surface area (Å²) in [6.07, 6.45) is 5.35. The van der Waals surface area contributed by atoms with Crippen LogP contribution in [0, 0.1) is 0 Å². The summed E-state index contributed by atoms with van der Waals surface area (Å²) in [6, 6.07) is 19.2. The van der Waals surface area contributed by atoms with Gasteiger partial charge in [-0.15, -0.1) is 0 Å². The van der Waals surface area contributed by atoms with Gasteiger partial charge in [-0.2, -0.15) is 0 Å². The quantitative estimate of drug-likeness (QED) is 0.868. The van der Waals surface area contributed by atoms with Gasteiger partial charge in [0.25, 0.3) is 0 Å². The van der Waals surface area contributed by atoms with Crippen LogP contribution in [0.15, 0.2) is 60.7 Å². The SMILES string of the molecule is O=C(NC1COCc2ccccc21)N1C2C=C(c3ccccc3)CC1CC2. The molecule has 2 aromatic rings. The zero-order valence-corrected chi connectivity index (χ0v) is 15.3. The van der Waals surface area contributed by atoms with Crippen molar-refractivity contribution in [1.82, 2.24) is 10.2 Å². The number of benzene rings is 2. The second-order valence-corrected chi connectivity index (χ2v) is 7.68. The number of hydrogen-bond acceptors (Lipinski definition) is 2. The second-order valence-electron chi connectivity index (χ2n) is 7.68. The number of rotatable bonds is 2. The fourth-order valence-electron chi connectivity index (χ4n) is 4.74. The van der Waals surface area contributed by atoms with E-state index in [2.05, 4.69) is 52.7 Å². The molecule has 2 bridgehead atoms. The smallest absolute Gasteiger partial charge is 0.318 e. The van der Waals surface area contributed by atoms with E-state index in [1.54, 1.807) is 0 Å². The lowest BCUT2D eigenvalue weighted by Crippen LogP contribution is -2.50. The molecule has 1 N–H and O–H groups in total. The summed E-state index contributed by atoms with van der Waals surface area (Å²) in [4.78, 5) is 15.2. The van der Waals surface area contributed by atoms with Crippen LogP contribution in [0.2, 0.25) is 0 Å². The fraction of sp³-hybridized carbons (Fsp3) is 0.348. The summed E-state index contributed by atoms with van der Waals surface area (Å²) in [5, 5.41) is 3.23. The zero-order valence-electron chi connectivity index (χ0n) is 15.3. The minimum Gasteiger partial charge on any atom is -0.374 e. The molecule has 3 aliphatic rings. The molecule has 3 aliphatic heterocycles. The molecule has 1 fully saturated rings. The molecule has 27 heavy (non-hydrogen) atoms. The maximum Gasteiger partial charge on any atom is 0.318 e. The molecule has 1 saturated heterocycles. The maximum atomic E-state index is 13.1. The highest BCUT2D eigenvalue weighted by Gasteiger charge is 2.40. The molecular formula is C23H24N2O2. The van der Waals surface area contributed by atoms with Gasteiger partial charge in [0.15, 0.2) is 0 Å². The van der Waals surface area contributed by atoms with Gasteiger partial charge in [-0.1, -0.05) is 60.7 Å². The van der Waals surface area contributed by atoms with Crippen molar-refractivity contribution in [1.29, 1.82) is 0 Å². The van der Waals surface area contributed by atoms with Crippen molar-refractivity contribution in [2.24, 2.45) is 0 Å². The van der Waals surface area contributed by atoms with E-state index in [1.165, 1.54) is 22.3 Å². The summed E-state index contributed by atoms with van der Waals surface area (Å²) in [7, 11) is 0. The highest BCUT2D eigenvalue weighted by Crippen LogP contribution is 2.38. The number of carbonyl (C=O) groups is 1. The van der Waals surface area contributed by atoms with Gasteiger partial charge in [0, 0.05) is 6.04 Å². The molecule has 138 valence electrons. The molecule has 4 heteroatoms. The number of amides is 2. The molecule has 0 spiro atoms. The Bertz CT molecular complexity index is 877. The van der Waals surface area contributed by atoms with Crippen LogP contribution in [-0.4, -0.2) is 29.6 Å². The molecule has 0 radical (unpaired) electrons. The van der Waals surface area contributed by atoms with E-state index in [0.29, 0.717) is 13.2 Å². The average molecular weight is 360 g/mol. The molecule has 0 saturated carbocycles. The zero-order chi connectivity index (χ0) is 18.2. The van der Waals surface area contributed by atoms with Gasteiger partial charge < -0.3 is 15.0 Å². The normalized spacial score (nSPS) is 26.3. The topological polar surface area (TPSA) is 41.6 Å². The summed E-state index contributed by atoms with van der Waals surface area (Å²) in [5.41, 5.74) is 5.01. The van der Waals surface area contributed by atoms with Crippen LogP contribution < -0.4 is 5.32 Å². The third-order valence-corrected chi connectivity index (χ3v) is 6.04. The summed E-state index contributed by atoms with van der Waals surface area (Å²) < 4.78 is 5.70. The van der Waals surface area contributed by atoms with Crippen LogP contribution in [0.1, 0.15) is 42.0 Å². The lowest BCUT2D eigenvalue weighted by atomic mass is 9.95. The molecule has 5 rings (SSSR count). The first-order chi connectivity index (χ1) is 13.3. The van der Waals surface area contributed by atoms with E-state index < -0.39 is 0 Å². The van der Waals surface area contributed by atoms with Crippen molar-refractivity contribution in [2.45, 2.75) is 44.0 Å². The van der Waals surface area contributed by atoms with Gasteiger partial charge in [-0.05, 0) is 41.5 Å². The Morgan fingerprint density at radius 3 is 2.70 bits per heavy atom. The average Bonchev–Trinajstić information content (AvgIpc) is 2.99. The van der Waals surface area contributed by atoms with Crippen LogP contribution in [0.5, 0.6) is 0 Å². The molecule has 2 aromatic carbocycles. The predicted octanol–water partition coefficient (Wildman–Crippen LogP) is 4.29. The molecular weight excluding hydrogens is 336 g/mol. The van der Waals surface area contributed by atoms with Gasteiger partial charge in [0.05, 0.1) is 25.3 Å². The Labute approximate surface area is 159 Å². The number of nitrogens with zero attached hydrogens (tertiary/aromatic N) is 1. The van der Waals surface area contributed by atoms with E-state index in [9.17, 15) is 4.79 Å². The molecule has 0 aromatic heterocycles. The monoisotopic (exact) mass is 360 g/mol. The van der Waals surface area contributed by atoms with Crippen LogP contribution in [0.25, 0.3) is 5.57 Å². The van der Waals surface area contributed by atoms with Gasteiger partial charge in [-0.25, -0.2) is 4.79 Å². The van der Waals surface area contributed by atoms with E-state index >= 15 is 0 Å². The highest BCUT2D eigenvalue weighted by molar-refractivity contribution is 5.79. The third-order valence-electron chi connectivity index (χ3n) is 6.04. The van der Waals surface area contributed by atoms with Gasteiger partial charge >= 0.3 is 6.03 Å². The third kappa shape index (κ3) is 3.04. The minimum atomic E-state index is -0.0682. The highest BCUT2D eigenvalue weighted by atomic mass is 16.5. The first kappa shape index (κ1) is 16.6. The number of fused-ring (bicyclic) bond motifs is 3. The molecule has 2 amide bonds. The summed E-state index contributed by atoms with van der Waals surface area (Å²) in [6.45, 7) is 1.16. The Morgan fingerprint density at radius 2 is 1.85 bits per heavy atom. The van der Waals surface area contributed by atoms with Crippen molar-refractivity contribution < 1.29 is 9.53 Å². The van der Waals surface area contributed by atoms with Crippen LogP contribution in [0.4, 0.5) is 4.79 Å². The van der Waals surface area contributed by atoms with E-state index in [4.69, 9.17) is 4.74 Å². The standard InChI is InChI=1S/C23H24N2O2/c26-23(24-22-15-27-14-17-8-4-5-9-21(17)22)25-19-10-11-20(25)13-18(12-19)16-6-2-1-3-7-16/h1-9,12,19-20,22H,10-11,13-15H2,(H,24,26). The number of urea groups is 1. The maximum absolute atomic E-state index is 13.1. The molecule has 4 nitrogen and oxygen atoms in total. The van der Waals surface area contributed by atoms with Crippen LogP contribution in [0.3, 0.4) is 0 Å². The molecule has 3 atom stereocenters.